The van der Waals surface area contributed by atoms with Crippen LogP contribution in [0, 0.1) is 0 Å². The Kier molecular flexibility index (Phi) is 4.07. The summed E-state index contributed by atoms with van der Waals surface area (Å²) in [6.45, 7) is 1.17. The largest absolute Gasteiger partial charge is 0.349 e. The average molecular weight is 298 g/mol. The summed E-state index contributed by atoms with van der Waals surface area (Å²) in [6.07, 6.45) is 3.64. The molecule has 21 heavy (non-hydrogen) atoms. The Labute approximate surface area is 126 Å². The third kappa shape index (κ3) is 3.35. The Bertz CT molecular complexity index is 706. The van der Waals surface area contributed by atoms with Gasteiger partial charge in [0, 0.05) is 18.9 Å². The normalized spacial score (nSPS) is 10.5. The Morgan fingerprint density at radius 2 is 2.14 bits per heavy atom. The standard InChI is InChI=1S/C15H14N4OS/c20-15(14-5-3-11-21-14)17-8-10-19-9-6-13(18-19)12-4-1-2-7-16-12/h1-7,9,11H,8,10H2,(H,17,20). The zero-order valence-electron chi connectivity index (χ0n) is 11.3. The number of nitrogens with zero attached hydrogens (tertiary/aromatic N) is 3. The van der Waals surface area contributed by atoms with E-state index in [1.807, 2.05) is 48.0 Å². The topological polar surface area (TPSA) is 59.8 Å². The Hall–Kier alpha value is -2.47. The molecule has 0 aromatic carbocycles. The van der Waals surface area contributed by atoms with Gasteiger partial charge < -0.3 is 5.32 Å². The second-order valence-corrected chi connectivity index (χ2v) is 5.36. The predicted molar refractivity (Wildman–Crippen MR) is 82.1 cm³/mol. The zero-order valence-corrected chi connectivity index (χ0v) is 12.1. The van der Waals surface area contributed by atoms with Crippen LogP contribution in [0.1, 0.15) is 9.67 Å². The first-order chi connectivity index (χ1) is 10.3. The summed E-state index contributed by atoms with van der Waals surface area (Å²) >= 11 is 1.44. The smallest absolute Gasteiger partial charge is 0.261 e. The Morgan fingerprint density at radius 1 is 1.19 bits per heavy atom. The summed E-state index contributed by atoms with van der Waals surface area (Å²) in [4.78, 5) is 16.8. The highest BCUT2D eigenvalue weighted by Gasteiger charge is 2.06. The fourth-order valence-electron chi connectivity index (χ4n) is 1.92. The molecule has 0 aliphatic rings. The molecular formula is C15H14N4OS. The molecule has 0 bridgehead atoms. The number of carbonyl (C=O) groups is 1. The van der Waals surface area contributed by atoms with Gasteiger partial charge in [0.05, 0.1) is 17.1 Å². The number of nitrogens with one attached hydrogen (secondary N) is 1. The Morgan fingerprint density at radius 3 is 2.90 bits per heavy atom. The van der Waals surface area contributed by atoms with Gasteiger partial charge in [0.1, 0.15) is 5.69 Å². The summed E-state index contributed by atoms with van der Waals surface area (Å²) < 4.78 is 1.80. The van der Waals surface area contributed by atoms with Crippen molar-refractivity contribution in [2.24, 2.45) is 0 Å². The van der Waals surface area contributed by atoms with Crippen LogP contribution < -0.4 is 5.32 Å². The second-order valence-electron chi connectivity index (χ2n) is 4.41. The molecule has 0 radical (unpaired) electrons. The van der Waals surface area contributed by atoms with Crippen molar-refractivity contribution in [2.45, 2.75) is 6.54 Å². The van der Waals surface area contributed by atoms with E-state index in [1.165, 1.54) is 11.3 Å². The molecule has 0 saturated carbocycles. The maximum atomic E-state index is 11.8. The van der Waals surface area contributed by atoms with Gasteiger partial charge >= 0.3 is 0 Å². The number of carbonyl (C=O) groups excluding carboxylic acids is 1. The van der Waals surface area contributed by atoms with Crippen molar-refractivity contribution in [1.82, 2.24) is 20.1 Å². The first-order valence-corrected chi connectivity index (χ1v) is 7.47. The molecule has 3 heterocycles. The summed E-state index contributed by atoms with van der Waals surface area (Å²) in [5, 5.41) is 9.21. The first kappa shape index (κ1) is 13.5. The molecule has 0 spiro atoms. The van der Waals surface area contributed by atoms with E-state index >= 15 is 0 Å². The summed E-state index contributed by atoms with van der Waals surface area (Å²) in [7, 11) is 0. The maximum absolute atomic E-state index is 11.8. The van der Waals surface area contributed by atoms with E-state index in [9.17, 15) is 4.79 Å². The van der Waals surface area contributed by atoms with E-state index in [1.54, 1.807) is 10.9 Å². The quantitative estimate of drug-likeness (QED) is 0.787. The van der Waals surface area contributed by atoms with Crippen LogP contribution in [0.2, 0.25) is 0 Å². The van der Waals surface area contributed by atoms with Crippen molar-refractivity contribution < 1.29 is 4.79 Å². The minimum absolute atomic E-state index is 0.0397. The molecule has 0 fully saturated rings. The van der Waals surface area contributed by atoms with Crippen LogP contribution in [-0.4, -0.2) is 27.2 Å². The number of amides is 1. The molecule has 3 rings (SSSR count). The van der Waals surface area contributed by atoms with E-state index in [-0.39, 0.29) is 5.91 Å². The highest BCUT2D eigenvalue weighted by molar-refractivity contribution is 7.12. The summed E-state index contributed by atoms with van der Waals surface area (Å²) in [5.41, 5.74) is 1.68. The monoisotopic (exact) mass is 298 g/mol. The van der Waals surface area contributed by atoms with E-state index in [0.29, 0.717) is 13.1 Å². The van der Waals surface area contributed by atoms with E-state index in [2.05, 4.69) is 15.4 Å². The van der Waals surface area contributed by atoms with Crippen LogP contribution in [0.25, 0.3) is 11.4 Å². The van der Waals surface area contributed by atoms with Crippen LogP contribution >= 0.6 is 11.3 Å². The molecule has 0 aliphatic heterocycles. The third-order valence-corrected chi connectivity index (χ3v) is 3.81. The molecule has 106 valence electrons. The Balaban J connectivity index is 1.55. The molecule has 6 heteroatoms. The summed E-state index contributed by atoms with van der Waals surface area (Å²) in [6, 6.07) is 11.3. The predicted octanol–water partition coefficient (Wildman–Crippen LogP) is 2.44. The minimum Gasteiger partial charge on any atom is -0.349 e. The molecule has 0 unspecified atom stereocenters. The van der Waals surface area contributed by atoms with Crippen molar-refractivity contribution in [3.8, 4) is 11.4 Å². The average Bonchev–Trinajstić information content (AvgIpc) is 3.20. The molecule has 0 saturated heterocycles. The third-order valence-electron chi connectivity index (χ3n) is 2.94. The van der Waals surface area contributed by atoms with Crippen LogP contribution in [0.15, 0.2) is 54.2 Å². The molecular weight excluding hydrogens is 284 g/mol. The SMILES string of the molecule is O=C(NCCn1ccc(-c2ccccn2)n1)c1cccs1. The number of aromatic nitrogens is 3. The van der Waals surface area contributed by atoms with Gasteiger partial charge in [-0.1, -0.05) is 12.1 Å². The fraction of sp³-hybridized carbons (Fsp3) is 0.133. The van der Waals surface area contributed by atoms with E-state index in [4.69, 9.17) is 0 Å². The molecule has 1 amide bonds. The van der Waals surface area contributed by atoms with Crippen LogP contribution in [-0.2, 0) is 6.54 Å². The number of hydrogen-bond donors (Lipinski definition) is 1. The molecule has 0 atom stereocenters. The van der Waals surface area contributed by atoms with Gasteiger partial charge in [0.15, 0.2) is 0 Å². The molecule has 0 aliphatic carbocycles. The van der Waals surface area contributed by atoms with Gasteiger partial charge in [-0.05, 0) is 29.6 Å². The summed E-state index contributed by atoms with van der Waals surface area (Å²) in [5.74, 6) is -0.0397. The highest BCUT2D eigenvalue weighted by Crippen LogP contribution is 2.12. The van der Waals surface area contributed by atoms with Crippen molar-refractivity contribution in [3.63, 3.8) is 0 Å². The van der Waals surface area contributed by atoms with Gasteiger partial charge in [-0.15, -0.1) is 11.3 Å². The molecule has 3 aromatic heterocycles. The van der Waals surface area contributed by atoms with Gasteiger partial charge in [-0.3, -0.25) is 14.5 Å². The number of pyridine rings is 1. The number of hydrogen-bond acceptors (Lipinski definition) is 4. The van der Waals surface area contributed by atoms with Crippen molar-refractivity contribution in [1.29, 1.82) is 0 Å². The molecule has 1 N–H and O–H groups in total. The zero-order chi connectivity index (χ0) is 14.5. The van der Waals surface area contributed by atoms with E-state index in [0.717, 1.165) is 16.3 Å². The lowest BCUT2D eigenvalue weighted by molar-refractivity contribution is 0.0956. The van der Waals surface area contributed by atoms with Gasteiger partial charge in [-0.25, -0.2) is 0 Å². The fourth-order valence-corrected chi connectivity index (χ4v) is 2.56. The van der Waals surface area contributed by atoms with Crippen LogP contribution in [0.4, 0.5) is 0 Å². The second kappa shape index (κ2) is 6.32. The van der Waals surface area contributed by atoms with Gasteiger partial charge in [-0.2, -0.15) is 5.10 Å². The first-order valence-electron chi connectivity index (χ1n) is 6.59. The van der Waals surface area contributed by atoms with Crippen molar-refractivity contribution in [3.05, 3.63) is 59.0 Å². The molecule has 5 nitrogen and oxygen atoms in total. The van der Waals surface area contributed by atoms with Crippen molar-refractivity contribution >= 4 is 17.2 Å². The lowest BCUT2D eigenvalue weighted by Crippen LogP contribution is -2.26. The molecule has 3 aromatic rings. The van der Waals surface area contributed by atoms with Gasteiger partial charge in [0.2, 0.25) is 0 Å². The van der Waals surface area contributed by atoms with Crippen LogP contribution in [0.5, 0.6) is 0 Å². The highest BCUT2D eigenvalue weighted by atomic mass is 32.1. The number of thiophene rings is 1. The minimum atomic E-state index is -0.0397. The van der Waals surface area contributed by atoms with Gasteiger partial charge in [0.25, 0.3) is 5.91 Å². The lowest BCUT2D eigenvalue weighted by Gasteiger charge is -2.03. The van der Waals surface area contributed by atoms with E-state index < -0.39 is 0 Å². The van der Waals surface area contributed by atoms with Crippen molar-refractivity contribution in [2.75, 3.05) is 6.54 Å². The number of rotatable bonds is 5. The lowest BCUT2D eigenvalue weighted by atomic mass is 10.3. The van der Waals surface area contributed by atoms with Crippen LogP contribution in [0.3, 0.4) is 0 Å². The maximum Gasteiger partial charge on any atom is 0.261 e.